The third-order valence-electron chi connectivity index (χ3n) is 4.20. The molecule has 0 saturated carbocycles. The predicted molar refractivity (Wildman–Crippen MR) is 92.9 cm³/mol. The lowest BCUT2D eigenvalue weighted by Gasteiger charge is -2.13. The van der Waals surface area contributed by atoms with E-state index in [1.54, 1.807) is 12.7 Å². The number of benzene rings is 1. The lowest BCUT2D eigenvalue weighted by atomic mass is 9.99. The molecule has 3 rings (SSSR count). The van der Waals surface area contributed by atoms with E-state index in [-0.39, 0.29) is 5.91 Å². The largest absolute Gasteiger partial charge is 0.352 e. The second-order valence-corrected chi connectivity index (χ2v) is 6.03. The van der Waals surface area contributed by atoms with E-state index in [9.17, 15) is 4.79 Å². The third kappa shape index (κ3) is 3.27. The second kappa shape index (κ2) is 6.78. The van der Waals surface area contributed by atoms with Gasteiger partial charge in [0.05, 0.1) is 11.1 Å². The number of carbonyl (C=O) groups excluding carboxylic acids is 1. The van der Waals surface area contributed by atoms with E-state index >= 15 is 0 Å². The van der Waals surface area contributed by atoms with Crippen LogP contribution in [0.3, 0.4) is 0 Å². The first-order valence-corrected chi connectivity index (χ1v) is 8.04. The van der Waals surface area contributed by atoms with Gasteiger partial charge in [-0.3, -0.25) is 9.78 Å². The van der Waals surface area contributed by atoms with Crippen molar-refractivity contribution >= 4 is 16.8 Å². The molecular formula is C18H21N5O. The number of fused-ring (bicyclic) bond motifs is 1. The van der Waals surface area contributed by atoms with Crippen molar-refractivity contribution in [3.63, 3.8) is 0 Å². The maximum absolute atomic E-state index is 12.7. The zero-order valence-electron chi connectivity index (χ0n) is 14.2. The molecular weight excluding hydrogens is 302 g/mol. The Bertz CT molecular complexity index is 871. The van der Waals surface area contributed by atoms with Gasteiger partial charge in [-0.1, -0.05) is 11.6 Å². The molecule has 0 unspecified atom stereocenters. The van der Waals surface area contributed by atoms with Crippen LogP contribution in [0.5, 0.6) is 0 Å². The molecule has 24 heavy (non-hydrogen) atoms. The van der Waals surface area contributed by atoms with Crippen molar-refractivity contribution in [2.24, 2.45) is 0 Å². The van der Waals surface area contributed by atoms with Crippen molar-refractivity contribution in [1.82, 2.24) is 25.1 Å². The van der Waals surface area contributed by atoms with Crippen LogP contribution in [0.4, 0.5) is 0 Å². The molecule has 2 heterocycles. The van der Waals surface area contributed by atoms with Crippen LogP contribution in [0.2, 0.25) is 0 Å². The van der Waals surface area contributed by atoms with Crippen LogP contribution in [0.1, 0.15) is 33.6 Å². The molecule has 0 atom stereocenters. The van der Waals surface area contributed by atoms with Gasteiger partial charge in [0.25, 0.3) is 5.91 Å². The Morgan fingerprint density at radius 3 is 2.67 bits per heavy atom. The van der Waals surface area contributed by atoms with E-state index in [4.69, 9.17) is 0 Å². The van der Waals surface area contributed by atoms with Crippen molar-refractivity contribution in [3.8, 4) is 0 Å². The van der Waals surface area contributed by atoms with Crippen molar-refractivity contribution in [2.75, 3.05) is 6.54 Å². The van der Waals surface area contributed by atoms with Crippen molar-refractivity contribution in [3.05, 3.63) is 53.2 Å². The molecule has 2 aromatic heterocycles. The van der Waals surface area contributed by atoms with E-state index in [2.05, 4.69) is 20.5 Å². The number of aromatic nitrogens is 4. The van der Waals surface area contributed by atoms with Gasteiger partial charge >= 0.3 is 0 Å². The minimum Gasteiger partial charge on any atom is -0.352 e. The van der Waals surface area contributed by atoms with Crippen LogP contribution in [-0.4, -0.2) is 32.2 Å². The monoisotopic (exact) mass is 323 g/mol. The van der Waals surface area contributed by atoms with Gasteiger partial charge in [0.1, 0.15) is 12.7 Å². The smallest absolute Gasteiger partial charge is 0.252 e. The summed E-state index contributed by atoms with van der Waals surface area (Å²) in [5.74, 6) is -0.0441. The molecule has 124 valence electrons. The minimum atomic E-state index is -0.0441. The molecule has 0 fully saturated rings. The first-order chi connectivity index (χ1) is 11.6. The Hall–Kier alpha value is -2.76. The Labute approximate surface area is 140 Å². The van der Waals surface area contributed by atoms with Crippen molar-refractivity contribution in [2.45, 2.75) is 33.7 Å². The fraction of sp³-hybridized carbons (Fsp3) is 0.333. The van der Waals surface area contributed by atoms with E-state index in [1.807, 2.05) is 43.5 Å². The highest BCUT2D eigenvalue weighted by atomic mass is 16.1. The quantitative estimate of drug-likeness (QED) is 0.733. The lowest BCUT2D eigenvalue weighted by molar-refractivity contribution is 0.0953. The first-order valence-electron chi connectivity index (χ1n) is 8.04. The number of hydrogen-bond donors (Lipinski definition) is 1. The topological polar surface area (TPSA) is 72.7 Å². The molecule has 0 bridgehead atoms. The van der Waals surface area contributed by atoms with Gasteiger partial charge in [-0.05, 0) is 44.9 Å². The fourth-order valence-corrected chi connectivity index (χ4v) is 2.78. The molecule has 0 aliphatic heterocycles. The van der Waals surface area contributed by atoms with E-state index in [0.717, 1.165) is 46.3 Å². The van der Waals surface area contributed by atoms with Crippen molar-refractivity contribution in [1.29, 1.82) is 0 Å². The summed E-state index contributed by atoms with van der Waals surface area (Å²) in [4.78, 5) is 17.3. The highest BCUT2D eigenvalue weighted by molar-refractivity contribution is 6.07. The van der Waals surface area contributed by atoms with Gasteiger partial charge in [-0.25, -0.2) is 0 Å². The predicted octanol–water partition coefficient (Wildman–Crippen LogP) is 2.57. The summed E-state index contributed by atoms with van der Waals surface area (Å²) in [7, 11) is 0. The van der Waals surface area contributed by atoms with Gasteiger partial charge < -0.3 is 9.88 Å². The summed E-state index contributed by atoms with van der Waals surface area (Å²) in [6.45, 7) is 7.30. The Morgan fingerprint density at radius 1 is 1.17 bits per heavy atom. The number of nitrogens with one attached hydrogen (secondary N) is 1. The summed E-state index contributed by atoms with van der Waals surface area (Å²) < 4.78 is 1.90. The average molecular weight is 323 g/mol. The fourth-order valence-electron chi connectivity index (χ4n) is 2.78. The maximum atomic E-state index is 12.7. The van der Waals surface area contributed by atoms with E-state index < -0.39 is 0 Å². The number of carbonyl (C=O) groups is 1. The molecule has 0 aliphatic carbocycles. The summed E-state index contributed by atoms with van der Waals surface area (Å²) in [5.41, 5.74) is 4.53. The van der Waals surface area contributed by atoms with Crippen molar-refractivity contribution < 1.29 is 4.79 Å². The van der Waals surface area contributed by atoms with Crippen LogP contribution in [-0.2, 0) is 6.54 Å². The van der Waals surface area contributed by atoms with Crippen LogP contribution < -0.4 is 5.32 Å². The Kier molecular flexibility index (Phi) is 4.55. The Balaban J connectivity index is 1.78. The van der Waals surface area contributed by atoms with Gasteiger partial charge in [0, 0.05) is 24.2 Å². The number of rotatable bonds is 5. The highest BCUT2D eigenvalue weighted by Crippen LogP contribution is 2.24. The van der Waals surface area contributed by atoms with Crippen LogP contribution >= 0.6 is 0 Å². The van der Waals surface area contributed by atoms with Crippen LogP contribution in [0.25, 0.3) is 10.9 Å². The normalized spacial score (nSPS) is 11.0. The standard InChI is InChI=1S/C18H21N5O/c1-12-5-6-16-15(9-12)17(13(2)14(3)22-16)18(24)19-7-4-8-23-10-20-21-11-23/h5-6,9-11H,4,7-8H2,1-3H3,(H,19,24). The van der Waals surface area contributed by atoms with Gasteiger partial charge in [-0.15, -0.1) is 10.2 Å². The van der Waals surface area contributed by atoms with Gasteiger partial charge in [0.2, 0.25) is 0 Å². The molecule has 3 aromatic rings. The van der Waals surface area contributed by atoms with Gasteiger partial charge in [0.15, 0.2) is 0 Å². The molecule has 0 aliphatic rings. The summed E-state index contributed by atoms with van der Waals surface area (Å²) in [6.07, 6.45) is 4.17. The summed E-state index contributed by atoms with van der Waals surface area (Å²) in [5, 5.41) is 11.5. The van der Waals surface area contributed by atoms with Crippen LogP contribution in [0.15, 0.2) is 30.9 Å². The molecule has 1 N–H and O–H groups in total. The SMILES string of the molecule is Cc1ccc2nc(C)c(C)c(C(=O)NCCCn3cnnc3)c2c1. The number of nitrogens with zero attached hydrogens (tertiary/aromatic N) is 4. The highest BCUT2D eigenvalue weighted by Gasteiger charge is 2.16. The molecule has 0 spiro atoms. The summed E-state index contributed by atoms with van der Waals surface area (Å²) in [6, 6.07) is 6.02. The number of hydrogen-bond acceptors (Lipinski definition) is 4. The molecule has 0 saturated heterocycles. The zero-order valence-corrected chi connectivity index (χ0v) is 14.2. The third-order valence-corrected chi connectivity index (χ3v) is 4.20. The number of aryl methyl sites for hydroxylation is 3. The maximum Gasteiger partial charge on any atom is 0.252 e. The zero-order chi connectivity index (χ0) is 17.1. The lowest BCUT2D eigenvalue weighted by Crippen LogP contribution is -2.26. The summed E-state index contributed by atoms with van der Waals surface area (Å²) >= 11 is 0. The molecule has 6 heteroatoms. The van der Waals surface area contributed by atoms with E-state index in [1.165, 1.54) is 0 Å². The van der Waals surface area contributed by atoms with Crippen LogP contribution in [0, 0.1) is 20.8 Å². The molecule has 6 nitrogen and oxygen atoms in total. The number of pyridine rings is 1. The molecule has 1 amide bonds. The first kappa shape index (κ1) is 16.1. The molecule has 1 aromatic carbocycles. The average Bonchev–Trinajstić information content (AvgIpc) is 3.06. The number of amides is 1. The second-order valence-electron chi connectivity index (χ2n) is 6.03. The Morgan fingerprint density at radius 2 is 1.92 bits per heavy atom. The van der Waals surface area contributed by atoms with E-state index in [0.29, 0.717) is 6.54 Å². The van der Waals surface area contributed by atoms with Gasteiger partial charge in [-0.2, -0.15) is 0 Å². The molecule has 0 radical (unpaired) electrons. The minimum absolute atomic E-state index is 0.0441.